The Morgan fingerprint density at radius 1 is 1.14 bits per heavy atom. The van der Waals surface area contributed by atoms with E-state index in [-0.39, 0.29) is 0 Å². The third-order valence-electron chi connectivity index (χ3n) is 3.57. The van der Waals surface area contributed by atoms with Crippen LogP contribution < -0.4 is 0 Å². The van der Waals surface area contributed by atoms with Crippen LogP contribution in [0.4, 0.5) is 0 Å². The van der Waals surface area contributed by atoms with Crippen molar-refractivity contribution in [2.75, 3.05) is 12.0 Å². The maximum absolute atomic E-state index is 6.28. The van der Waals surface area contributed by atoms with Crippen LogP contribution in [-0.2, 0) is 6.54 Å². The molecule has 0 saturated heterocycles. The van der Waals surface area contributed by atoms with Gasteiger partial charge in [-0.1, -0.05) is 35.9 Å². The highest BCUT2D eigenvalue weighted by molar-refractivity contribution is 7.98. The molecule has 3 rings (SSSR count). The Kier molecular flexibility index (Phi) is 4.36. The van der Waals surface area contributed by atoms with E-state index >= 15 is 0 Å². The highest BCUT2D eigenvalue weighted by Gasteiger charge is 2.18. The fourth-order valence-corrected chi connectivity index (χ4v) is 3.11. The summed E-state index contributed by atoms with van der Waals surface area (Å²) in [6.45, 7) is 4.78. The molecule has 2 heterocycles. The van der Waals surface area contributed by atoms with Gasteiger partial charge in [-0.15, -0.1) is 0 Å². The van der Waals surface area contributed by atoms with Crippen LogP contribution in [0.3, 0.4) is 0 Å². The van der Waals surface area contributed by atoms with Gasteiger partial charge in [0.25, 0.3) is 0 Å². The van der Waals surface area contributed by atoms with Crippen molar-refractivity contribution in [3.8, 4) is 11.4 Å². The molecule has 0 saturated carbocycles. The summed E-state index contributed by atoms with van der Waals surface area (Å²) in [5.41, 5.74) is 3.77. The summed E-state index contributed by atoms with van der Waals surface area (Å²) in [7, 11) is 0. The molecule has 0 N–H and O–H groups in total. The van der Waals surface area contributed by atoms with Gasteiger partial charge in [-0.25, -0.2) is 15.0 Å². The number of aryl methyl sites for hydroxylation is 3. The highest BCUT2D eigenvalue weighted by atomic mass is 35.5. The Morgan fingerprint density at radius 3 is 2.64 bits per heavy atom. The molecule has 0 bridgehead atoms. The normalized spacial score (nSPS) is 11.3. The number of hydrogen-bond donors (Lipinski definition) is 0. The maximum Gasteiger partial charge on any atom is 0.165 e. The predicted octanol–water partition coefficient (Wildman–Crippen LogP) is 4.13. The Labute approximate surface area is 138 Å². The quantitative estimate of drug-likeness (QED) is 0.674. The number of halogens is 1. The Morgan fingerprint density at radius 2 is 1.91 bits per heavy atom. The van der Waals surface area contributed by atoms with Crippen molar-refractivity contribution >= 4 is 34.5 Å². The van der Waals surface area contributed by atoms with Gasteiger partial charge in [0.05, 0.1) is 0 Å². The van der Waals surface area contributed by atoms with Gasteiger partial charge in [-0.05, 0) is 25.7 Å². The van der Waals surface area contributed by atoms with Crippen LogP contribution >= 0.6 is 23.4 Å². The molecule has 0 aliphatic heterocycles. The monoisotopic (exact) mass is 332 g/mol. The number of imidazole rings is 1. The second-order valence-corrected chi connectivity index (χ2v) is 6.47. The highest BCUT2D eigenvalue weighted by Crippen LogP contribution is 2.29. The summed E-state index contributed by atoms with van der Waals surface area (Å²) in [5.74, 6) is 2.56. The fourth-order valence-electron chi connectivity index (χ4n) is 2.49. The molecule has 3 aromatic rings. The number of benzene rings is 1. The maximum atomic E-state index is 6.28. The summed E-state index contributed by atoms with van der Waals surface area (Å²) in [6, 6.07) is 8.23. The molecule has 0 atom stereocenters. The lowest BCUT2D eigenvalue weighted by molar-refractivity contribution is 0.793. The van der Waals surface area contributed by atoms with Crippen molar-refractivity contribution in [2.45, 2.75) is 20.4 Å². The molecule has 0 aliphatic rings. The van der Waals surface area contributed by atoms with Crippen molar-refractivity contribution in [3.05, 3.63) is 40.8 Å². The third-order valence-corrected chi connectivity index (χ3v) is 4.42. The van der Waals surface area contributed by atoms with Crippen LogP contribution in [0.1, 0.15) is 11.4 Å². The van der Waals surface area contributed by atoms with Crippen LogP contribution in [-0.4, -0.2) is 31.5 Å². The molecule has 0 fully saturated rings. The van der Waals surface area contributed by atoms with Crippen LogP contribution in [0, 0.1) is 13.8 Å². The Bertz CT molecular complexity index is 828. The first kappa shape index (κ1) is 15.3. The van der Waals surface area contributed by atoms with Gasteiger partial charge in [0.2, 0.25) is 0 Å². The van der Waals surface area contributed by atoms with E-state index in [1.165, 1.54) is 5.56 Å². The van der Waals surface area contributed by atoms with Gasteiger partial charge < -0.3 is 4.57 Å². The van der Waals surface area contributed by atoms with Gasteiger partial charge in [-0.3, -0.25) is 0 Å². The van der Waals surface area contributed by atoms with Crippen LogP contribution in [0.2, 0.25) is 5.15 Å². The SMILES string of the molecule is CSCCn1c(-c2ccccc2C)nc2c(Cl)nc(C)nc21. The van der Waals surface area contributed by atoms with Gasteiger partial charge in [-0.2, -0.15) is 11.8 Å². The number of fused-ring (bicyclic) bond motifs is 1. The molecule has 0 amide bonds. The predicted molar refractivity (Wildman–Crippen MR) is 93.6 cm³/mol. The van der Waals surface area contributed by atoms with E-state index in [1.807, 2.05) is 19.1 Å². The summed E-state index contributed by atoms with van der Waals surface area (Å²) in [6.07, 6.45) is 2.10. The minimum absolute atomic E-state index is 0.417. The van der Waals surface area contributed by atoms with Gasteiger partial charge in [0.1, 0.15) is 17.2 Å². The van der Waals surface area contributed by atoms with Crippen LogP contribution in [0.5, 0.6) is 0 Å². The van der Waals surface area contributed by atoms with Crippen LogP contribution in [0.15, 0.2) is 24.3 Å². The molecule has 0 unspecified atom stereocenters. The molecule has 114 valence electrons. The Balaban J connectivity index is 2.29. The van der Waals surface area contributed by atoms with Gasteiger partial charge >= 0.3 is 0 Å². The number of aromatic nitrogens is 4. The minimum atomic E-state index is 0.417. The zero-order chi connectivity index (χ0) is 15.7. The van der Waals surface area contributed by atoms with E-state index in [0.29, 0.717) is 16.5 Å². The van der Waals surface area contributed by atoms with E-state index in [0.717, 1.165) is 29.3 Å². The zero-order valence-corrected chi connectivity index (χ0v) is 14.4. The first-order chi connectivity index (χ1) is 10.6. The molecule has 22 heavy (non-hydrogen) atoms. The van der Waals surface area contributed by atoms with E-state index in [1.54, 1.807) is 11.8 Å². The lowest BCUT2D eigenvalue weighted by atomic mass is 10.1. The molecular formula is C16H17ClN4S. The third kappa shape index (κ3) is 2.71. The molecule has 2 aromatic heterocycles. The fraction of sp³-hybridized carbons (Fsp3) is 0.312. The van der Waals surface area contributed by atoms with E-state index < -0.39 is 0 Å². The van der Waals surface area contributed by atoms with Gasteiger partial charge in [0, 0.05) is 17.9 Å². The zero-order valence-electron chi connectivity index (χ0n) is 12.8. The number of nitrogens with zero attached hydrogens (tertiary/aromatic N) is 4. The molecule has 6 heteroatoms. The molecule has 4 nitrogen and oxygen atoms in total. The van der Waals surface area contributed by atoms with Crippen molar-refractivity contribution in [3.63, 3.8) is 0 Å². The molecule has 0 aliphatic carbocycles. The molecule has 0 spiro atoms. The van der Waals surface area contributed by atoms with E-state index in [2.05, 4.69) is 39.8 Å². The average molecular weight is 333 g/mol. The first-order valence-corrected chi connectivity index (χ1v) is 8.84. The number of rotatable bonds is 4. The summed E-state index contributed by atoms with van der Waals surface area (Å²) < 4.78 is 2.15. The van der Waals surface area contributed by atoms with Crippen molar-refractivity contribution in [2.24, 2.45) is 0 Å². The number of hydrogen-bond acceptors (Lipinski definition) is 4. The summed E-state index contributed by atoms with van der Waals surface area (Å²) >= 11 is 8.08. The number of thioether (sulfide) groups is 1. The van der Waals surface area contributed by atoms with Crippen molar-refractivity contribution < 1.29 is 0 Å². The second-order valence-electron chi connectivity index (χ2n) is 5.13. The van der Waals surface area contributed by atoms with E-state index in [4.69, 9.17) is 16.6 Å². The first-order valence-electron chi connectivity index (χ1n) is 7.07. The van der Waals surface area contributed by atoms with Crippen LogP contribution in [0.25, 0.3) is 22.6 Å². The van der Waals surface area contributed by atoms with Crippen molar-refractivity contribution in [1.82, 2.24) is 19.5 Å². The van der Waals surface area contributed by atoms with Crippen molar-refractivity contribution in [1.29, 1.82) is 0 Å². The lowest BCUT2D eigenvalue weighted by Gasteiger charge is -2.09. The smallest absolute Gasteiger partial charge is 0.165 e. The average Bonchev–Trinajstić information content (AvgIpc) is 2.84. The standard InChI is InChI=1S/C16H17ClN4S/c1-10-6-4-5-7-12(10)15-20-13-14(17)18-11(2)19-16(13)21(15)8-9-22-3/h4-7H,8-9H2,1-3H3. The minimum Gasteiger partial charge on any atom is -0.308 e. The largest absolute Gasteiger partial charge is 0.308 e. The topological polar surface area (TPSA) is 43.6 Å². The molecule has 0 radical (unpaired) electrons. The lowest BCUT2D eigenvalue weighted by Crippen LogP contribution is -2.05. The molecule has 1 aromatic carbocycles. The van der Waals surface area contributed by atoms with Gasteiger partial charge in [0.15, 0.2) is 10.8 Å². The molecular weight excluding hydrogens is 316 g/mol. The summed E-state index contributed by atoms with van der Waals surface area (Å²) in [4.78, 5) is 13.5. The summed E-state index contributed by atoms with van der Waals surface area (Å²) in [5, 5.41) is 0.417. The Hall–Kier alpha value is -1.59. The second kappa shape index (κ2) is 6.26. The van der Waals surface area contributed by atoms with E-state index in [9.17, 15) is 0 Å².